The minimum Gasteiger partial charge on any atom is -0.389 e. The highest BCUT2D eigenvalue weighted by Gasteiger charge is 2.42. The molecule has 1 aliphatic carbocycles. The molecule has 3 nitrogen and oxygen atoms in total. The number of nitrogens with zero attached hydrogens (tertiary/aromatic N) is 1. The van der Waals surface area contributed by atoms with Gasteiger partial charge in [0, 0.05) is 13.1 Å². The van der Waals surface area contributed by atoms with E-state index in [1.807, 2.05) is 0 Å². The van der Waals surface area contributed by atoms with Crippen LogP contribution in [0.15, 0.2) is 0 Å². The first kappa shape index (κ1) is 9.44. The number of β-amino-alcohol motifs (C(OH)–C–C–N with tert-alkyl or cyclic N) is 1. The molecule has 3 heteroatoms. The van der Waals surface area contributed by atoms with Crippen LogP contribution in [-0.4, -0.2) is 41.8 Å². The van der Waals surface area contributed by atoms with Crippen molar-refractivity contribution in [3.05, 3.63) is 0 Å². The highest BCUT2D eigenvalue weighted by molar-refractivity contribution is 4.96. The van der Waals surface area contributed by atoms with Crippen LogP contribution in [0, 0.1) is 5.92 Å². The summed E-state index contributed by atoms with van der Waals surface area (Å²) in [6.07, 6.45) is 4.51. The van der Waals surface area contributed by atoms with Crippen LogP contribution in [0.5, 0.6) is 0 Å². The molecule has 0 aromatic rings. The van der Waals surface area contributed by atoms with Gasteiger partial charge >= 0.3 is 0 Å². The van der Waals surface area contributed by atoms with Gasteiger partial charge in [0.25, 0.3) is 0 Å². The predicted octanol–water partition coefficient (Wildman–Crippen LogP) is 0.182. The molecule has 76 valence electrons. The number of hydrogen-bond donors (Lipinski definition) is 2. The Bertz CT molecular complexity index is 180. The lowest BCUT2D eigenvalue weighted by molar-refractivity contribution is 0.0692. The Hall–Kier alpha value is -0.120. The topological polar surface area (TPSA) is 49.5 Å². The van der Waals surface area contributed by atoms with Gasteiger partial charge in [-0.05, 0) is 44.7 Å². The lowest BCUT2D eigenvalue weighted by Crippen LogP contribution is -2.42. The lowest BCUT2D eigenvalue weighted by Gasteiger charge is -2.33. The zero-order valence-electron chi connectivity index (χ0n) is 8.21. The first-order valence-corrected chi connectivity index (χ1v) is 5.37. The minimum absolute atomic E-state index is 0.323. The maximum atomic E-state index is 9.77. The van der Waals surface area contributed by atoms with Crippen molar-refractivity contribution >= 4 is 0 Å². The molecule has 0 amide bonds. The molecule has 2 rings (SSSR count). The average molecular weight is 184 g/mol. The molecule has 0 aromatic heterocycles. The Morgan fingerprint density at radius 3 is 2.85 bits per heavy atom. The standard InChI is InChI=1S/C10H20N2O/c11-6-9-2-1-5-12(7-9)8-10(13)3-4-10/h9,13H,1-8,11H2. The smallest absolute Gasteiger partial charge is 0.0776 e. The van der Waals surface area contributed by atoms with E-state index in [-0.39, 0.29) is 5.60 Å². The van der Waals surface area contributed by atoms with E-state index in [0.29, 0.717) is 5.92 Å². The van der Waals surface area contributed by atoms with Crippen LogP contribution in [0.3, 0.4) is 0 Å². The molecular formula is C10H20N2O. The van der Waals surface area contributed by atoms with E-state index in [4.69, 9.17) is 5.73 Å². The van der Waals surface area contributed by atoms with Gasteiger partial charge in [0.2, 0.25) is 0 Å². The SMILES string of the molecule is NCC1CCCN(CC2(O)CC2)C1. The number of rotatable bonds is 3. The molecule has 1 saturated carbocycles. The van der Waals surface area contributed by atoms with Crippen LogP contribution in [0.2, 0.25) is 0 Å². The third-order valence-electron chi connectivity index (χ3n) is 3.28. The highest BCUT2D eigenvalue weighted by Crippen LogP contribution is 2.36. The lowest BCUT2D eigenvalue weighted by atomic mass is 9.98. The number of piperidine rings is 1. The molecule has 1 saturated heterocycles. The van der Waals surface area contributed by atoms with Crippen molar-refractivity contribution < 1.29 is 5.11 Å². The fourth-order valence-corrected chi connectivity index (χ4v) is 2.21. The van der Waals surface area contributed by atoms with E-state index in [1.54, 1.807) is 0 Å². The van der Waals surface area contributed by atoms with Gasteiger partial charge < -0.3 is 15.7 Å². The summed E-state index contributed by atoms with van der Waals surface area (Å²) in [6, 6.07) is 0. The molecule has 2 fully saturated rings. The molecule has 3 N–H and O–H groups in total. The molecule has 0 bridgehead atoms. The predicted molar refractivity (Wildman–Crippen MR) is 52.4 cm³/mol. The maximum Gasteiger partial charge on any atom is 0.0776 e. The summed E-state index contributed by atoms with van der Waals surface area (Å²) in [4.78, 5) is 2.38. The van der Waals surface area contributed by atoms with Crippen LogP contribution in [-0.2, 0) is 0 Å². The van der Waals surface area contributed by atoms with Gasteiger partial charge in [-0.2, -0.15) is 0 Å². The highest BCUT2D eigenvalue weighted by atomic mass is 16.3. The van der Waals surface area contributed by atoms with E-state index in [9.17, 15) is 5.11 Å². The maximum absolute atomic E-state index is 9.77. The van der Waals surface area contributed by atoms with E-state index in [0.717, 1.165) is 39.0 Å². The zero-order valence-corrected chi connectivity index (χ0v) is 8.21. The van der Waals surface area contributed by atoms with Crippen molar-refractivity contribution in [2.75, 3.05) is 26.2 Å². The van der Waals surface area contributed by atoms with Crippen LogP contribution in [0.25, 0.3) is 0 Å². The Labute approximate surface area is 79.9 Å². The fourth-order valence-electron chi connectivity index (χ4n) is 2.21. The van der Waals surface area contributed by atoms with Gasteiger partial charge in [0.05, 0.1) is 5.60 Å². The third kappa shape index (κ3) is 2.42. The molecule has 2 aliphatic rings. The first-order valence-electron chi connectivity index (χ1n) is 5.37. The van der Waals surface area contributed by atoms with Crippen LogP contribution in [0.4, 0.5) is 0 Å². The molecule has 13 heavy (non-hydrogen) atoms. The largest absolute Gasteiger partial charge is 0.389 e. The summed E-state index contributed by atoms with van der Waals surface area (Å²) in [7, 11) is 0. The molecule has 1 aliphatic heterocycles. The van der Waals surface area contributed by atoms with Crippen molar-refractivity contribution in [3.8, 4) is 0 Å². The van der Waals surface area contributed by atoms with Gasteiger partial charge in [-0.1, -0.05) is 0 Å². The molecule has 1 heterocycles. The van der Waals surface area contributed by atoms with Crippen molar-refractivity contribution in [2.45, 2.75) is 31.3 Å². The van der Waals surface area contributed by atoms with Gasteiger partial charge in [0.15, 0.2) is 0 Å². The van der Waals surface area contributed by atoms with Crippen LogP contribution >= 0.6 is 0 Å². The molecule has 1 atom stereocenters. The number of likely N-dealkylation sites (tertiary alicyclic amines) is 1. The summed E-state index contributed by atoms with van der Waals surface area (Å²) in [5.74, 6) is 0.663. The number of aliphatic hydroxyl groups is 1. The summed E-state index contributed by atoms with van der Waals surface area (Å²) in [5.41, 5.74) is 5.33. The van der Waals surface area contributed by atoms with E-state index in [1.165, 1.54) is 12.8 Å². The average Bonchev–Trinajstić information content (AvgIpc) is 2.84. The monoisotopic (exact) mass is 184 g/mol. The Kier molecular flexibility index (Phi) is 2.58. The summed E-state index contributed by atoms with van der Waals surface area (Å²) < 4.78 is 0. The van der Waals surface area contributed by atoms with Crippen molar-refractivity contribution in [2.24, 2.45) is 11.7 Å². The van der Waals surface area contributed by atoms with Crippen molar-refractivity contribution in [1.29, 1.82) is 0 Å². The fraction of sp³-hybridized carbons (Fsp3) is 1.00. The van der Waals surface area contributed by atoms with Crippen LogP contribution < -0.4 is 5.73 Å². The van der Waals surface area contributed by atoms with E-state index < -0.39 is 0 Å². The normalized spacial score (nSPS) is 33.2. The van der Waals surface area contributed by atoms with Gasteiger partial charge in [-0.3, -0.25) is 0 Å². The Balaban J connectivity index is 1.78. The Morgan fingerprint density at radius 1 is 1.46 bits per heavy atom. The van der Waals surface area contributed by atoms with E-state index >= 15 is 0 Å². The Morgan fingerprint density at radius 2 is 2.23 bits per heavy atom. The third-order valence-corrected chi connectivity index (χ3v) is 3.28. The second-order valence-corrected chi connectivity index (χ2v) is 4.70. The second-order valence-electron chi connectivity index (χ2n) is 4.70. The zero-order chi connectivity index (χ0) is 9.31. The second kappa shape index (κ2) is 3.56. The van der Waals surface area contributed by atoms with Gasteiger partial charge in [-0.15, -0.1) is 0 Å². The summed E-state index contributed by atoms with van der Waals surface area (Å²) >= 11 is 0. The van der Waals surface area contributed by atoms with Crippen molar-refractivity contribution in [3.63, 3.8) is 0 Å². The van der Waals surface area contributed by atoms with Crippen LogP contribution in [0.1, 0.15) is 25.7 Å². The first-order chi connectivity index (χ1) is 6.22. The van der Waals surface area contributed by atoms with E-state index in [2.05, 4.69) is 4.90 Å². The summed E-state index contributed by atoms with van der Waals surface area (Å²) in [6.45, 7) is 3.93. The number of hydrogen-bond acceptors (Lipinski definition) is 3. The van der Waals surface area contributed by atoms with Crippen molar-refractivity contribution in [1.82, 2.24) is 4.90 Å². The number of nitrogens with two attached hydrogens (primary N) is 1. The molecule has 0 spiro atoms. The summed E-state index contributed by atoms with van der Waals surface area (Å²) in [5, 5.41) is 9.77. The molecule has 1 unspecified atom stereocenters. The molecule has 0 radical (unpaired) electrons. The van der Waals surface area contributed by atoms with Gasteiger partial charge in [-0.25, -0.2) is 0 Å². The molecule has 0 aromatic carbocycles. The minimum atomic E-state index is -0.323. The molecular weight excluding hydrogens is 164 g/mol. The quantitative estimate of drug-likeness (QED) is 0.658. The van der Waals surface area contributed by atoms with Gasteiger partial charge in [0.1, 0.15) is 0 Å².